The fraction of sp³-hybridized carbons (Fsp3) is 0.333. The van der Waals surface area contributed by atoms with Crippen LogP contribution in [0.3, 0.4) is 0 Å². The van der Waals surface area contributed by atoms with E-state index in [-0.39, 0.29) is 11.7 Å². The van der Waals surface area contributed by atoms with Crippen LogP contribution in [0, 0.1) is 0 Å². The summed E-state index contributed by atoms with van der Waals surface area (Å²) in [5.41, 5.74) is 2.97. The maximum Gasteiger partial charge on any atom is 0.291 e. The topological polar surface area (TPSA) is 59.3 Å². The molecule has 0 bridgehead atoms. The lowest BCUT2D eigenvalue weighted by molar-refractivity contribution is 0.0995. The molecule has 1 amide bonds. The van der Waals surface area contributed by atoms with Crippen molar-refractivity contribution in [1.82, 2.24) is 0 Å². The molecule has 1 saturated carbocycles. The van der Waals surface area contributed by atoms with Gasteiger partial charge in [-0.25, -0.2) is 0 Å². The first-order valence-electron chi connectivity index (χ1n) is 10.2. The molecule has 1 heterocycles. The minimum Gasteiger partial charge on any atom is -0.451 e. The number of anilines is 1. The van der Waals surface area contributed by atoms with Gasteiger partial charge in [0, 0.05) is 33.2 Å². The van der Waals surface area contributed by atoms with Crippen LogP contribution in [-0.4, -0.2) is 16.9 Å². The second kappa shape index (κ2) is 8.87. The molecule has 4 nitrogen and oxygen atoms in total. The third-order valence-corrected chi connectivity index (χ3v) is 6.87. The summed E-state index contributed by atoms with van der Waals surface area (Å²) < 4.78 is 5.96. The summed E-state index contributed by atoms with van der Waals surface area (Å²) in [6.45, 7) is 1.53. The van der Waals surface area contributed by atoms with Gasteiger partial charge in [-0.15, -0.1) is 0 Å². The van der Waals surface area contributed by atoms with Crippen LogP contribution in [0.2, 0.25) is 0 Å². The van der Waals surface area contributed by atoms with Crippen LogP contribution in [-0.2, 0) is 5.75 Å². The SMILES string of the molecule is CC(=O)c1ccc(NC(=O)c2oc3ccccc3c2CSC2CCCCC2)cc1. The third kappa shape index (κ3) is 4.56. The van der Waals surface area contributed by atoms with Gasteiger partial charge in [-0.05, 0) is 50.1 Å². The van der Waals surface area contributed by atoms with Crippen molar-refractivity contribution in [1.29, 1.82) is 0 Å². The first-order valence-corrected chi connectivity index (χ1v) is 11.2. The fourth-order valence-electron chi connectivity index (χ4n) is 3.83. The Labute approximate surface area is 175 Å². The van der Waals surface area contributed by atoms with Crippen molar-refractivity contribution in [3.63, 3.8) is 0 Å². The Morgan fingerprint density at radius 1 is 1.03 bits per heavy atom. The van der Waals surface area contributed by atoms with E-state index in [1.807, 2.05) is 36.0 Å². The molecule has 0 atom stereocenters. The molecule has 0 spiro atoms. The summed E-state index contributed by atoms with van der Waals surface area (Å²) in [7, 11) is 0. The van der Waals surface area contributed by atoms with Crippen molar-refractivity contribution in [3.05, 3.63) is 65.4 Å². The summed E-state index contributed by atoms with van der Waals surface area (Å²) in [4.78, 5) is 24.4. The number of furan rings is 1. The minimum atomic E-state index is -0.254. The van der Waals surface area contributed by atoms with E-state index in [0.717, 1.165) is 22.3 Å². The molecule has 1 aliphatic rings. The molecule has 29 heavy (non-hydrogen) atoms. The number of para-hydroxylation sites is 1. The highest BCUT2D eigenvalue weighted by molar-refractivity contribution is 7.99. The van der Waals surface area contributed by atoms with Gasteiger partial charge in [-0.2, -0.15) is 11.8 Å². The highest BCUT2D eigenvalue weighted by atomic mass is 32.2. The summed E-state index contributed by atoms with van der Waals surface area (Å²) >= 11 is 1.94. The number of fused-ring (bicyclic) bond motifs is 1. The van der Waals surface area contributed by atoms with Crippen LogP contribution in [0.1, 0.15) is 65.5 Å². The summed E-state index contributed by atoms with van der Waals surface area (Å²) in [6.07, 6.45) is 6.44. The van der Waals surface area contributed by atoms with Crippen molar-refractivity contribution in [3.8, 4) is 0 Å². The van der Waals surface area contributed by atoms with E-state index in [4.69, 9.17) is 4.42 Å². The molecule has 5 heteroatoms. The third-order valence-electron chi connectivity index (χ3n) is 5.47. The van der Waals surface area contributed by atoms with E-state index >= 15 is 0 Å². The van der Waals surface area contributed by atoms with E-state index in [1.54, 1.807) is 24.3 Å². The zero-order valence-corrected chi connectivity index (χ0v) is 17.4. The number of benzene rings is 2. The predicted molar refractivity (Wildman–Crippen MR) is 119 cm³/mol. The Morgan fingerprint density at radius 3 is 2.48 bits per heavy atom. The lowest BCUT2D eigenvalue weighted by atomic mass is 10.0. The van der Waals surface area contributed by atoms with Gasteiger partial charge in [0.15, 0.2) is 11.5 Å². The van der Waals surface area contributed by atoms with Crippen LogP contribution in [0.4, 0.5) is 5.69 Å². The van der Waals surface area contributed by atoms with Crippen molar-refractivity contribution < 1.29 is 14.0 Å². The van der Waals surface area contributed by atoms with Crippen molar-refractivity contribution in [2.45, 2.75) is 50.0 Å². The van der Waals surface area contributed by atoms with Crippen molar-refractivity contribution in [2.75, 3.05) is 5.32 Å². The Hall–Kier alpha value is -2.53. The van der Waals surface area contributed by atoms with E-state index in [2.05, 4.69) is 5.32 Å². The van der Waals surface area contributed by atoms with Gasteiger partial charge in [0.2, 0.25) is 0 Å². The van der Waals surface area contributed by atoms with E-state index in [1.165, 1.54) is 39.0 Å². The van der Waals surface area contributed by atoms with Gasteiger partial charge in [0.05, 0.1) is 0 Å². The Bertz CT molecular complexity index is 1020. The zero-order valence-electron chi connectivity index (χ0n) is 16.6. The number of rotatable bonds is 6. The number of ketones is 1. The minimum absolute atomic E-state index is 0.00202. The van der Waals surface area contributed by atoms with E-state index in [0.29, 0.717) is 22.3 Å². The molecule has 3 aromatic rings. The number of amides is 1. The van der Waals surface area contributed by atoms with E-state index < -0.39 is 0 Å². The molecule has 0 unspecified atom stereocenters. The molecule has 150 valence electrons. The van der Waals surface area contributed by atoms with Crippen molar-refractivity contribution in [2.24, 2.45) is 0 Å². The smallest absolute Gasteiger partial charge is 0.291 e. The van der Waals surface area contributed by atoms with Gasteiger partial charge in [0.25, 0.3) is 5.91 Å². The quantitative estimate of drug-likeness (QED) is 0.477. The standard InChI is InChI=1S/C24H25NO3S/c1-16(26)17-11-13-18(14-12-17)25-24(27)23-21(15-29-19-7-3-2-4-8-19)20-9-5-6-10-22(20)28-23/h5-6,9-14,19H,2-4,7-8,15H2,1H3,(H,25,27). The van der Waals surface area contributed by atoms with Crippen LogP contribution in [0.5, 0.6) is 0 Å². The fourth-order valence-corrected chi connectivity index (χ4v) is 5.19. The summed E-state index contributed by atoms with van der Waals surface area (Å²) in [5, 5.41) is 4.58. The predicted octanol–water partition coefficient (Wildman–Crippen LogP) is 6.45. The molecule has 1 fully saturated rings. The average molecular weight is 408 g/mol. The van der Waals surface area contributed by atoms with Gasteiger partial charge in [0.1, 0.15) is 5.58 Å². The molecule has 1 aliphatic carbocycles. The molecular weight excluding hydrogens is 382 g/mol. The van der Waals surface area contributed by atoms with Crippen LogP contribution < -0.4 is 5.32 Å². The van der Waals surface area contributed by atoms with Crippen LogP contribution >= 0.6 is 11.8 Å². The number of nitrogens with one attached hydrogen (secondary N) is 1. The number of carbonyl (C=O) groups is 2. The lowest BCUT2D eigenvalue weighted by Gasteiger charge is -2.20. The maximum atomic E-state index is 13.0. The average Bonchev–Trinajstić information content (AvgIpc) is 3.12. The van der Waals surface area contributed by atoms with Crippen LogP contribution in [0.25, 0.3) is 11.0 Å². The molecule has 4 rings (SSSR count). The number of Topliss-reactive ketones (excluding diaryl/α,β-unsaturated/α-hetero) is 1. The van der Waals surface area contributed by atoms with E-state index in [9.17, 15) is 9.59 Å². The lowest BCUT2D eigenvalue weighted by Crippen LogP contribution is -2.13. The molecule has 1 N–H and O–H groups in total. The number of hydrogen-bond donors (Lipinski definition) is 1. The molecular formula is C24H25NO3S. The second-order valence-electron chi connectivity index (χ2n) is 7.56. The molecule has 0 radical (unpaired) electrons. The summed E-state index contributed by atoms with van der Waals surface area (Å²) in [6, 6.07) is 14.8. The highest BCUT2D eigenvalue weighted by Crippen LogP contribution is 2.35. The molecule has 1 aromatic heterocycles. The van der Waals surface area contributed by atoms with Gasteiger partial charge in [-0.1, -0.05) is 37.5 Å². The van der Waals surface area contributed by atoms with Gasteiger partial charge >= 0.3 is 0 Å². The largest absolute Gasteiger partial charge is 0.451 e. The molecule has 0 aliphatic heterocycles. The highest BCUT2D eigenvalue weighted by Gasteiger charge is 2.22. The first-order chi connectivity index (χ1) is 14.1. The monoisotopic (exact) mass is 407 g/mol. The number of carbonyl (C=O) groups excluding carboxylic acids is 2. The first kappa shape index (κ1) is 19.8. The molecule has 0 saturated heterocycles. The molecule has 2 aromatic carbocycles. The Morgan fingerprint density at radius 2 is 1.76 bits per heavy atom. The second-order valence-corrected chi connectivity index (χ2v) is 8.85. The summed E-state index contributed by atoms with van der Waals surface area (Å²) in [5.74, 6) is 0.900. The zero-order chi connectivity index (χ0) is 20.2. The van der Waals surface area contributed by atoms with Gasteiger partial charge < -0.3 is 9.73 Å². The maximum absolute atomic E-state index is 13.0. The normalized spacial score (nSPS) is 14.8. The Balaban J connectivity index is 1.56. The Kier molecular flexibility index (Phi) is 6.05. The number of thioether (sulfide) groups is 1. The van der Waals surface area contributed by atoms with Crippen LogP contribution in [0.15, 0.2) is 52.9 Å². The van der Waals surface area contributed by atoms with Crippen molar-refractivity contribution >= 4 is 40.1 Å². The van der Waals surface area contributed by atoms with Gasteiger partial charge in [-0.3, -0.25) is 9.59 Å². The number of hydrogen-bond acceptors (Lipinski definition) is 4.